The van der Waals surface area contributed by atoms with Crippen LogP contribution in [0, 0.1) is 12.1 Å². The van der Waals surface area contributed by atoms with Crippen molar-refractivity contribution in [2.45, 2.75) is 38.1 Å². The first-order chi connectivity index (χ1) is 21.1. The Kier molecular flexibility index (Phi) is 11.3. The van der Waals surface area contributed by atoms with E-state index < -0.39 is 58.4 Å². The van der Waals surface area contributed by atoms with Crippen LogP contribution in [0.4, 0.5) is 18.0 Å². The molecule has 2 aromatic carbocycles. The van der Waals surface area contributed by atoms with Gasteiger partial charge in [-0.2, -0.15) is 18.3 Å². The lowest BCUT2D eigenvalue weighted by molar-refractivity contribution is -0.713. The molecule has 15 nitrogen and oxygen atoms in total. The number of alkyl halides is 3. The monoisotopic (exact) mass is 658 g/mol. The molecule has 0 aliphatic carbocycles. The van der Waals surface area contributed by atoms with Crippen LogP contribution in [0.25, 0.3) is 16.9 Å². The largest absolute Gasteiger partial charge is 0.569 e. The molecule has 0 fully saturated rings. The van der Waals surface area contributed by atoms with Crippen molar-refractivity contribution < 1.29 is 55.6 Å². The smallest absolute Gasteiger partial charge is 0.435 e. The number of aliphatic hydroxyl groups excluding tert-OH is 1. The fourth-order valence-electron chi connectivity index (χ4n) is 3.67. The molecule has 45 heavy (non-hydrogen) atoms. The highest BCUT2D eigenvalue weighted by molar-refractivity contribution is 7.90. The van der Waals surface area contributed by atoms with E-state index in [9.17, 15) is 36.4 Å². The lowest BCUT2D eigenvalue weighted by atomic mass is 10.1. The summed E-state index contributed by atoms with van der Waals surface area (Å²) in [6, 6.07) is 12.1. The Hall–Kier alpha value is -4.91. The van der Waals surface area contributed by atoms with E-state index in [0.717, 1.165) is 40.4 Å². The fourth-order valence-corrected chi connectivity index (χ4v) is 4.56. The number of nitrogens with one attached hydrogen (secondary N) is 1. The molecule has 1 unspecified atom stereocenters. The molecule has 0 aliphatic rings. The summed E-state index contributed by atoms with van der Waals surface area (Å²) in [5.41, 5.74) is 0.425. The minimum Gasteiger partial charge on any atom is -0.569 e. The number of rotatable bonds is 13. The number of carbonyl (C=O) groups is 2. The van der Waals surface area contributed by atoms with Crippen molar-refractivity contribution >= 4 is 22.1 Å². The van der Waals surface area contributed by atoms with Crippen LogP contribution in [0.5, 0.6) is 0 Å². The third-order valence-electron chi connectivity index (χ3n) is 5.74. The number of hydrazine groups is 1. The zero-order valence-corrected chi connectivity index (χ0v) is 24.9. The summed E-state index contributed by atoms with van der Waals surface area (Å²) in [5, 5.41) is 28.9. The molecule has 19 heteroatoms. The first-order valence-corrected chi connectivity index (χ1v) is 14.5. The minimum absolute atomic E-state index is 0.0860. The molecule has 244 valence electrons. The van der Waals surface area contributed by atoms with Crippen LogP contribution in [0.1, 0.15) is 25.1 Å². The number of benzene rings is 2. The van der Waals surface area contributed by atoms with E-state index in [4.69, 9.17) is 9.84 Å². The molecule has 0 bridgehead atoms. The van der Waals surface area contributed by atoms with Crippen molar-refractivity contribution in [3.8, 4) is 16.9 Å². The van der Waals surface area contributed by atoms with E-state index in [1.54, 1.807) is 29.0 Å². The first kappa shape index (κ1) is 34.6. The highest BCUT2D eigenvalue weighted by atomic mass is 32.2. The minimum atomic E-state index is -4.73. The topological polar surface area (TPSA) is 188 Å². The average Bonchev–Trinajstić information content (AvgIpc) is 3.42. The van der Waals surface area contributed by atoms with Gasteiger partial charge in [-0.05, 0) is 37.3 Å². The van der Waals surface area contributed by atoms with Gasteiger partial charge in [0.2, 0.25) is 5.28 Å². The Morgan fingerprint density at radius 1 is 1.16 bits per heavy atom. The Morgan fingerprint density at radius 2 is 1.80 bits per heavy atom. The molecular weight excluding hydrogens is 629 g/mol. The molecule has 0 spiro atoms. The van der Waals surface area contributed by atoms with Crippen LogP contribution < -0.4 is 4.72 Å². The number of esters is 1. The van der Waals surface area contributed by atoms with E-state index in [0.29, 0.717) is 5.56 Å². The maximum Gasteiger partial charge on any atom is 0.435 e. The number of sulfonamides is 1. The molecule has 0 aliphatic heterocycles. The van der Waals surface area contributed by atoms with Gasteiger partial charge < -0.3 is 19.8 Å². The van der Waals surface area contributed by atoms with E-state index in [2.05, 4.69) is 20.0 Å². The first-order valence-electron chi connectivity index (χ1n) is 13.0. The molecule has 1 amide bonds. The van der Waals surface area contributed by atoms with Crippen LogP contribution in [-0.4, -0.2) is 77.9 Å². The number of aliphatic hydroxyl groups is 1. The number of aromatic nitrogens is 2. The molecule has 3 aromatic rings. The molecule has 0 saturated heterocycles. The number of nitrogens with zero attached hydrogens (tertiary/aromatic N) is 5. The van der Waals surface area contributed by atoms with Gasteiger partial charge in [-0.15, -0.1) is 5.01 Å². The second kappa shape index (κ2) is 14.7. The summed E-state index contributed by atoms with van der Waals surface area (Å²) in [7, 11) is -4.49. The Labute approximate surface area is 255 Å². The lowest BCUT2D eigenvalue weighted by Gasteiger charge is -2.17. The normalized spacial score (nSPS) is 12.7. The van der Waals surface area contributed by atoms with Crippen molar-refractivity contribution in [3.63, 3.8) is 0 Å². The highest BCUT2D eigenvalue weighted by Crippen LogP contribution is 2.33. The van der Waals surface area contributed by atoms with Crippen LogP contribution in [0.2, 0.25) is 0 Å². The van der Waals surface area contributed by atoms with Crippen LogP contribution in [0.15, 0.2) is 64.8 Å². The molecule has 0 saturated carbocycles. The standard InChI is InChI=1S/C26H29F3N6O9S/c1-17-4-6-20(7-5-17)23-16-24(26(27,28)29)30-34(23)21-8-10-22(11-9-21)45(40,41)31-25(38)42-15-13-33(12-14-36)35(39)32-44-19(3)43-18(2)37/h4-11,16,19,36H,12-15H2,1-3H3,(H,31,38)/b35-32-. The van der Waals surface area contributed by atoms with E-state index >= 15 is 0 Å². The molecule has 3 rings (SSSR count). The predicted octanol–water partition coefficient (Wildman–Crippen LogP) is 3.29. The summed E-state index contributed by atoms with van der Waals surface area (Å²) >= 11 is 0. The second-order valence-electron chi connectivity index (χ2n) is 9.22. The summed E-state index contributed by atoms with van der Waals surface area (Å²) < 4.78 is 78.0. The van der Waals surface area contributed by atoms with E-state index in [-0.39, 0.29) is 29.4 Å². The number of hydrogen-bond donors (Lipinski definition) is 2. The van der Waals surface area contributed by atoms with Crippen molar-refractivity contribution in [3.05, 3.63) is 71.1 Å². The number of aryl methyl sites for hydroxylation is 1. The summed E-state index contributed by atoms with van der Waals surface area (Å²) in [5.74, 6) is -0.683. The number of amides is 1. The number of halogens is 3. The van der Waals surface area contributed by atoms with E-state index in [1.165, 1.54) is 19.1 Å². The van der Waals surface area contributed by atoms with Crippen LogP contribution in [0.3, 0.4) is 0 Å². The van der Waals surface area contributed by atoms with Gasteiger partial charge in [-0.3, -0.25) is 9.63 Å². The molecule has 1 aromatic heterocycles. The third kappa shape index (κ3) is 9.80. The Bertz CT molecular complexity index is 1610. The number of carbonyl (C=O) groups excluding carboxylic acids is 2. The summed E-state index contributed by atoms with van der Waals surface area (Å²) in [4.78, 5) is 27.3. The van der Waals surface area contributed by atoms with Gasteiger partial charge >= 0.3 is 18.2 Å². The van der Waals surface area contributed by atoms with Crippen molar-refractivity contribution in [2.75, 3.05) is 26.3 Å². The van der Waals surface area contributed by atoms with Gasteiger partial charge in [0, 0.05) is 19.4 Å². The van der Waals surface area contributed by atoms with Gasteiger partial charge in [0.05, 0.1) is 27.9 Å². The van der Waals surface area contributed by atoms with Gasteiger partial charge in [0.1, 0.15) is 19.7 Å². The Balaban J connectivity index is 1.67. The van der Waals surface area contributed by atoms with Crippen molar-refractivity contribution in [2.24, 2.45) is 5.28 Å². The van der Waals surface area contributed by atoms with Crippen molar-refractivity contribution in [1.82, 2.24) is 19.5 Å². The quantitative estimate of drug-likeness (QED) is 0.0902. The van der Waals surface area contributed by atoms with Gasteiger partial charge in [-0.25, -0.2) is 22.6 Å². The van der Waals surface area contributed by atoms with Crippen LogP contribution >= 0.6 is 0 Å². The number of ether oxygens (including phenoxy) is 2. The number of hydrogen-bond acceptors (Lipinski definition) is 11. The maximum absolute atomic E-state index is 13.5. The van der Waals surface area contributed by atoms with Gasteiger partial charge in [0.25, 0.3) is 16.3 Å². The van der Waals surface area contributed by atoms with Crippen molar-refractivity contribution in [1.29, 1.82) is 0 Å². The highest BCUT2D eigenvalue weighted by Gasteiger charge is 2.35. The fraction of sp³-hybridized carbons (Fsp3) is 0.346. The molecule has 0 radical (unpaired) electrons. The van der Waals surface area contributed by atoms with Gasteiger partial charge in [0.15, 0.2) is 5.69 Å². The van der Waals surface area contributed by atoms with Crippen LogP contribution in [-0.2, 0) is 35.3 Å². The zero-order chi connectivity index (χ0) is 33.4. The summed E-state index contributed by atoms with van der Waals surface area (Å²) in [6.45, 7) is 2.56. The maximum atomic E-state index is 13.5. The SMILES string of the molecule is CC(=O)OC(C)O/N=[N+](\[O-])N(CCO)CCOC(=O)NS(=O)(=O)c1ccc(-n2nc(C(F)(F)F)cc2-c2ccc(C)cc2)cc1. The van der Waals surface area contributed by atoms with E-state index in [1.807, 2.05) is 6.92 Å². The second-order valence-corrected chi connectivity index (χ2v) is 10.9. The third-order valence-corrected chi connectivity index (χ3v) is 7.06. The molecule has 1 heterocycles. The van der Waals surface area contributed by atoms with Gasteiger partial charge in [-0.1, -0.05) is 29.8 Å². The Morgan fingerprint density at radius 3 is 2.38 bits per heavy atom. The average molecular weight is 659 g/mol. The molecule has 2 N–H and O–H groups in total. The zero-order valence-electron chi connectivity index (χ0n) is 24.1. The summed E-state index contributed by atoms with van der Waals surface area (Å²) in [6.07, 6.45) is -7.32. The predicted molar refractivity (Wildman–Crippen MR) is 147 cm³/mol. The molecule has 1 atom stereocenters. The lowest BCUT2D eigenvalue weighted by Crippen LogP contribution is -2.38. The molecular formula is C26H29F3N6O9S.